The summed E-state index contributed by atoms with van der Waals surface area (Å²) >= 11 is 0. The molecule has 2 amide bonds. The number of hydroxylamine groups is 1. The van der Waals surface area contributed by atoms with Crippen LogP contribution in [0, 0.1) is 0 Å². The van der Waals surface area contributed by atoms with Crippen LogP contribution >= 0.6 is 0 Å². The first-order chi connectivity index (χ1) is 12.5. The lowest BCUT2D eigenvalue weighted by molar-refractivity contribution is 0.0695. The van der Waals surface area contributed by atoms with Gasteiger partial charge in [-0.05, 0) is 43.4 Å². The molecule has 1 aliphatic heterocycles. The highest BCUT2D eigenvalue weighted by Gasteiger charge is 2.23. The quantitative estimate of drug-likeness (QED) is 0.641. The Labute approximate surface area is 152 Å². The second kappa shape index (κ2) is 7.63. The fourth-order valence-corrected chi connectivity index (χ4v) is 3.12. The van der Waals surface area contributed by atoms with E-state index in [1.807, 2.05) is 38.4 Å². The van der Waals surface area contributed by atoms with Crippen LogP contribution in [0.2, 0.25) is 0 Å². The molecule has 0 unspecified atom stereocenters. The zero-order valence-corrected chi connectivity index (χ0v) is 14.9. The molecule has 0 fully saturated rings. The van der Waals surface area contributed by atoms with Gasteiger partial charge in [0.1, 0.15) is 5.69 Å². The van der Waals surface area contributed by atoms with Crippen LogP contribution in [-0.4, -0.2) is 52.4 Å². The highest BCUT2D eigenvalue weighted by Crippen LogP contribution is 2.20. The molecule has 1 aliphatic rings. The number of benzene rings is 1. The third-order valence-corrected chi connectivity index (χ3v) is 4.34. The lowest BCUT2D eigenvalue weighted by atomic mass is 10.0. The monoisotopic (exact) mass is 354 g/mol. The summed E-state index contributed by atoms with van der Waals surface area (Å²) < 4.78 is 0. The maximum absolute atomic E-state index is 12.9. The van der Waals surface area contributed by atoms with Gasteiger partial charge >= 0.3 is 0 Å². The third kappa shape index (κ3) is 3.89. The minimum atomic E-state index is -0.635. The van der Waals surface area contributed by atoms with Crippen LogP contribution in [0.3, 0.4) is 0 Å². The molecule has 0 spiro atoms. The Hall–Kier alpha value is -2.77. The normalized spacial score (nSPS) is 13.5. The predicted molar refractivity (Wildman–Crippen MR) is 95.8 cm³/mol. The van der Waals surface area contributed by atoms with Gasteiger partial charge in [0.15, 0.2) is 0 Å². The number of carbonyl (C=O) groups is 2. The molecule has 7 heteroatoms. The molecule has 3 rings (SSSR count). The van der Waals surface area contributed by atoms with Gasteiger partial charge in [-0.3, -0.25) is 14.8 Å². The van der Waals surface area contributed by atoms with E-state index < -0.39 is 5.91 Å². The second-order valence-corrected chi connectivity index (χ2v) is 6.66. The summed E-state index contributed by atoms with van der Waals surface area (Å²) in [6.45, 7) is 1.78. The van der Waals surface area contributed by atoms with Crippen molar-refractivity contribution in [3.05, 3.63) is 64.5 Å². The number of aromatic nitrogens is 1. The lowest BCUT2D eigenvalue weighted by Crippen LogP contribution is -2.36. The Morgan fingerprint density at radius 1 is 1.27 bits per heavy atom. The molecule has 0 bridgehead atoms. The lowest BCUT2D eigenvalue weighted by Gasteiger charge is -2.28. The molecule has 7 nitrogen and oxygen atoms in total. The number of rotatable bonds is 4. The largest absolute Gasteiger partial charge is 0.334 e. The van der Waals surface area contributed by atoms with Crippen molar-refractivity contribution in [1.29, 1.82) is 0 Å². The summed E-state index contributed by atoms with van der Waals surface area (Å²) in [5.74, 6) is -0.641. The predicted octanol–water partition coefficient (Wildman–Crippen LogP) is 1.46. The van der Waals surface area contributed by atoms with Crippen molar-refractivity contribution in [2.24, 2.45) is 0 Å². The Bertz CT molecular complexity index is 835. The van der Waals surface area contributed by atoms with E-state index in [-0.39, 0.29) is 11.6 Å². The summed E-state index contributed by atoms with van der Waals surface area (Å²) in [5.41, 5.74) is 5.24. The summed E-state index contributed by atoms with van der Waals surface area (Å²) in [7, 11) is 3.99. The second-order valence-electron chi connectivity index (χ2n) is 6.66. The van der Waals surface area contributed by atoms with Crippen LogP contribution in [0.1, 0.15) is 37.7 Å². The molecule has 0 saturated carbocycles. The number of amides is 2. The van der Waals surface area contributed by atoms with E-state index in [0.717, 1.165) is 23.4 Å². The van der Waals surface area contributed by atoms with Crippen molar-refractivity contribution < 1.29 is 14.8 Å². The van der Waals surface area contributed by atoms with Gasteiger partial charge in [0, 0.05) is 37.3 Å². The maximum Gasteiger partial charge on any atom is 0.293 e. The smallest absolute Gasteiger partial charge is 0.293 e. The molecule has 0 atom stereocenters. The van der Waals surface area contributed by atoms with Gasteiger partial charge in [-0.25, -0.2) is 10.5 Å². The van der Waals surface area contributed by atoms with Crippen molar-refractivity contribution in [2.75, 3.05) is 20.6 Å². The molecule has 2 heterocycles. The van der Waals surface area contributed by atoms with Crippen LogP contribution in [0.5, 0.6) is 0 Å². The highest BCUT2D eigenvalue weighted by atomic mass is 16.5. The van der Waals surface area contributed by atoms with Crippen LogP contribution < -0.4 is 5.48 Å². The van der Waals surface area contributed by atoms with Crippen molar-refractivity contribution in [1.82, 2.24) is 20.3 Å². The fourth-order valence-electron chi connectivity index (χ4n) is 3.12. The summed E-state index contributed by atoms with van der Waals surface area (Å²) in [4.78, 5) is 32.5. The number of nitrogens with zero attached hydrogens (tertiary/aromatic N) is 3. The van der Waals surface area contributed by atoms with E-state index in [9.17, 15) is 9.59 Å². The van der Waals surface area contributed by atoms with Gasteiger partial charge in [0.05, 0.1) is 0 Å². The molecular weight excluding hydrogens is 332 g/mol. The zero-order valence-electron chi connectivity index (χ0n) is 14.9. The first kappa shape index (κ1) is 18.0. The van der Waals surface area contributed by atoms with Crippen molar-refractivity contribution in [2.45, 2.75) is 19.5 Å². The number of hydrogen-bond acceptors (Lipinski definition) is 5. The standard InChI is InChI=1S/C19H22N4O3/c1-22(2)11-13-4-3-5-14(10-13)19(25)23-9-8-16-15(12-23)6-7-17(20-16)18(24)21-26/h3-7,10,26H,8-9,11-12H2,1-2H3,(H,21,24). The van der Waals surface area contributed by atoms with E-state index >= 15 is 0 Å². The average molecular weight is 354 g/mol. The molecule has 2 aromatic rings. The van der Waals surface area contributed by atoms with Gasteiger partial charge in [0.25, 0.3) is 11.8 Å². The van der Waals surface area contributed by atoms with Gasteiger partial charge in [-0.15, -0.1) is 0 Å². The zero-order chi connectivity index (χ0) is 18.7. The maximum atomic E-state index is 12.9. The Kier molecular flexibility index (Phi) is 5.29. The van der Waals surface area contributed by atoms with E-state index in [1.165, 1.54) is 0 Å². The number of hydrogen-bond donors (Lipinski definition) is 2. The molecule has 2 N–H and O–H groups in total. The molecule has 1 aromatic carbocycles. The SMILES string of the molecule is CN(C)Cc1cccc(C(=O)N2CCc3nc(C(=O)NO)ccc3C2)c1. The summed E-state index contributed by atoms with van der Waals surface area (Å²) in [5, 5.41) is 8.71. The van der Waals surface area contributed by atoms with E-state index in [1.54, 1.807) is 22.5 Å². The van der Waals surface area contributed by atoms with Crippen molar-refractivity contribution >= 4 is 11.8 Å². The number of nitrogens with one attached hydrogen (secondary N) is 1. The molecular formula is C19H22N4O3. The minimum absolute atomic E-state index is 0.00608. The minimum Gasteiger partial charge on any atom is -0.334 e. The van der Waals surface area contributed by atoms with Crippen LogP contribution in [-0.2, 0) is 19.5 Å². The van der Waals surface area contributed by atoms with Gasteiger partial charge in [0.2, 0.25) is 0 Å². The number of pyridine rings is 1. The first-order valence-electron chi connectivity index (χ1n) is 8.44. The Morgan fingerprint density at radius 2 is 2.08 bits per heavy atom. The molecule has 0 saturated heterocycles. The number of carbonyl (C=O) groups excluding carboxylic acids is 2. The molecule has 26 heavy (non-hydrogen) atoms. The van der Waals surface area contributed by atoms with E-state index in [0.29, 0.717) is 25.1 Å². The van der Waals surface area contributed by atoms with Crippen LogP contribution in [0.4, 0.5) is 0 Å². The van der Waals surface area contributed by atoms with E-state index in [4.69, 9.17) is 5.21 Å². The Balaban J connectivity index is 1.76. The third-order valence-electron chi connectivity index (χ3n) is 4.34. The summed E-state index contributed by atoms with van der Waals surface area (Å²) in [6, 6.07) is 11.0. The van der Waals surface area contributed by atoms with Gasteiger partial charge < -0.3 is 9.80 Å². The van der Waals surface area contributed by atoms with Crippen LogP contribution in [0.15, 0.2) is 36.4 Å². The molecule has 1 aromatic heterocycles. The molecule has 0 radical (unpaired) electrons. The Morgan fingerprint density at radius 3 is 2.81 bits per heavy atom. The van der Waals surface area contributed by atoms with Gasteiger partial charge in [-0.2, -0.15) is 0 Å². The first-order valence-corrected chi connectivity index (χ1v) is 8.44. The molecule has 0 aliphatic carbocycles. The van der Waals surface area contributed by atoms with Crippen LogP contribution in [0.25, 0.3) is 0 Å². The number of fused-ring (bicyclic) bond motifs is 1. The topological polar surface area (TPSA) is 85.8 Å². The van der Waals surface area contributed by atoms with Gasteiger partial charge in [-0.1, -0.05) is 18.2 Å². The molecule has 136 valence electrons. The fraction of sp³-hybridized carbons (Fsp3) is 0.316. The van der Waals surface area contributed by atoms with Crippen molar-refractivity contribution in [3.63, 3.8) is 0 Å². The average Bonchev–Trinajstić information content (AvgIpc) is 2.65. The summed E-state index contributed by atoms with van der Waals surface area (Å²) in [6.07, 6.45) is 0.574. The van der Waals surface area contributed by atoms with E-state index in [2.05, 4.69) is 9.88 Å². The van der Waals surface area contributed by atoms with Crippen molar-refractivity contribution in [3.8, 4) is 0 Å². The highest BCUT2D eigenvalue weighted by molar-refractivity contribution is 5.94.